The molecule has 0 bridgehead atoms. The third-order valence-corrected chi connectivity index (χ3v) is 2.57. The summed E-state index contributed by atoms with van der Waals surface area (Å²) < 4.78 is 5.22. The molecule has 0 aliphatic heterocycles. The van der Waals surface area contributed by atoms with Crippen molar-refractivity contribution >= 4 is 0 Å². The maximum atomic E-state index is 9.30. The molecule has 0 saturated heterocycles. The summed E-state index contributed by atoms with van der Waals surface area (Å²) in [6.45, 7) is 2.21. The molecule has 0 aromatic heterocycles. The van der Waals surface area contributed by atoms with Crippen LogP contribution in [0.25, 0.3) is 0 Å². The lowest BCUT2D eigenvalue weighted by Gasteiger charge is -2.08. The predicted octanol–water partition coefficient (Wildman–Crippen LogP) is 3.52. The minimum atomic E-state index is 0.268. The van der Waals surface area contributed by atoms with E-state index in [1.807, 2.05) is 6.07 Å². The number of methoxy groups -OCH3 is 1. The van der Waals surface area contributed by atoms with Crippen LogP contribution in [0.15, 0.2) is 18.2 Å². The summed E-state index contributed by atoms with van der Waals surface area (Å²) in [4.78, 5) is 0. The van der Waals surface area contributed by atoms with Crippen LogP contribution in [0.4, 0.5) is 0 Å². The zero-order valence-corrected chi connectivity index (χ0v) is 9.62. The molecule has 0 radical (unpaired) electrons. The molecule has 2 nitrogen and oxygen atoms in total. The van der Waals surface area contributed by atoms with Gasteiger partial charge in [0.1, 0.15) is 11.5 Å². The van der Waals surface area contributed by atoms with Crippen molar-refractivity contribution in [2.24, 2.45) is 0 Å². The molecule has 0 atom stereocenters. The second kappa shape index (κ2) is 6.33. The van der Waals surface area contributed by atoms with E-state index >= 15 is 0 Å². The Labute approximate surface area is 91.9 Å². The van der Waals surface area contributed by atoms with E-state index in [-0.39, 0.29) is 5.75 Å². The number of unbranched alkanes of at least 4 members (excludes halogenated alkanes) is 3. The fourth-order valence-electron chi connectivity index (χ4n) is 1.68. The average molecular weight is 208 g/mol. The SMILES string of the molecule is CCCCCCc1ccc(O)cc1OC. The zero-order valence-electron chi connectivity index (χ0n) is 9.62. The molecule has 0 aliphatic rings. The smallest absolute Gasteiger partial charge is 0.125 e. The molecule has 1 aromatic rings. The molecule has 0 saturated carbocycles. The first-order valence-corrected chi connectivity index (χ1v) is 5.63. The highest BCUT2D eigenvalue weighted by molar-refractivity contribution is 5.40. The third kappa shape index (κ3) is 3.82. The monoisotopic (exact) mass is 208 g/mol. The number of rotatable bonds is 6. The van der Waals surface area contributed by atoms with Crippen molar-refractivity contribution in [2.75, 3.05) is 7.11 Å². The van der Waals surface area contributed by atoms with Crippen LogP contribution in [-0.4, -0.2) is 12.2 Å². The van der Waals surface area contributed by atoms with Crippen LogP contribution in [0, 0.1) is 0 Å². The van der Waals surface area contributed by atoms with Gasteiger partial charge in [0.2, 0.25) is 0 Å². The van der Waals surface area contributed by atoms with Crippen LogP contribution in [0.2, 0.25) is 0 Å². The molecule has 84 valence electrons. The number of aryl methyl sites for hydroxylation is 1. The molecule has 0 amide bonds. The van der Waals surface area contributed by atoms with Crippen LogP contribution in [0.5, 0.6) is 11.5 Å². The number of phenolic OH excluding ortho intramolecular Hbond substituents is 1. The van der Waals surface area contributed by atoms with Crippen molar-refractivity contribution in [3.63, 3.8) is 0 Å². The summed E-state index contributed by atoms with van der Waals surface area (Å²) >= 11 is 0. The summed E-state index contributed by atoms with van der Waals surface area (Å²) in [7, 11) is 1.64. The van der Waals surface area contributed by atoms with Gasteiger partial charge in [-0.15, -0.1) is 0 Å². The number of benzene rings is 1. The Bertz CT molecular complexity index is 295. The molecule has 0 aliphatic carbocycles. The van der Waals surface area contributed by atoms with Crippen LogP contribution >= 0.6 is 0 Å². The highest BCUT2D eigenvalue weighted by Gasteiger charge is 2.03. The topological polar surface area (TPSA) is 29.5 Å². The van der Waals surface area contributed by atoms with Crippen molar-refractivity contribution < 1.29 is 9.84 Å². The Morgan fingerprint density at radius 2 is 2.00 bits per heavy atom. The number of hydrogen-bond acceptors (Lipinski definition) is 2. The summed E-state index contributed by atoms with van der Waals surface area (Å²) in [5, 5.41) is 9.30. The van der Waals surface area contributed by atoms with Gasteiger partial charge in [-0.05, 0) is 24.5 Å². The Balaban J connectivity index is 2.52. The molecule has 15 heavy (non-hydrogen) atoms. The lowest BCUT2D eigenvalue weighted by Crippen LogP contribution is -1.92. The maximum Gasteiger partial charge on any atom is 0.125 e. The van der Waals surface area contributed by atoms with Gasteiger partial charge in [0.05, 0.1) is 7.11 Å². The number of phenols is 1. The lowest BCUT2D eigenvalue weighted by molar-refractivity contribution is 0.402. The molecule has 1 N–H and O–H groups in total. The van der Waals surface area contributed by atoms with E-state index in [0.29, 0.717) is 0 Å². The van der Waals surface area contributed by atoms with Gasteiger partial charge in [0.15, 0.2) is 0 Å². The van der Waals surface area contributed by atoms with Gasteiger partial charge in [-0.25, -0.2) is 0 Å². The largest absolute Gasteiger partial charge is 0.508 e. The molecule has 0 spiro atoms. The summed E-state index contributed by atoms with van der Waals surface area (Å²) in [5.41, 5.74) is 1.19. The van der Waals surface area contributed by atoms with Crippen molar-refractivity contribution in [2.45, 2.75) is 39.0 Å². The fourth-order valence-corrected chi connectivity index (χ4v) is 1.68. The van der Waals surface area contributed by atoms with Crippen LogP contribution < -0.4 is 4.74 Å². The first kappa shape index (κ1) is 11.9. The normalized spacial score (nSPS) is 10.3. The molecule has 1 aromatic carbocycles. The van der Waals surface area contributed by atoms with E-state index in [1.165, 1.54) is 31.2 Å². The third-order valence-electron chi connectivity index (χ3n) is 2.57. The summed E-state index contributed by atoms with van der Waals surface area (Å²) in [5.74, 6) is 1.07. The standard InChI is InChI=1S/C13H20O2/c1-3-4-5-6-7-11-8-9-12(14)10-13(11)15-2/h8-10,14H,3-7H2,1-2H3. The average Bonchev–Trinajstić information content (AvgIpc) is 2.26. The van der Waals surface area contributed by atoms with E-state index < -0.39 is 0 Å². The second-order valence-electron chi connectivity index (χ2n) is 3.81. The van der Waals surface area contributed by atoms with E-state index in [4.69, 9.17) is 4.74 Å². The zero-order chi connectivity index (χ0) is 11.1. The van der Waals surface area contributed by atoms with E-state index in [2.05, 4.69) is 6.92 Å². The Hall–Kier alpha value is -1.18. The maximum absolute atomic E-state index is 9.30. The Kier molecular flexibility index (Phi) is 5.02. The lowest BCUT2D eigenvalue weighted by atomic mass is 10.1. The van der Waals surface area contributed by atoms with Crippen LogP contribution in [0.3, 0.4) is 0 Å². The highest BCUT2D eigenvalue weighted by atomic mass is 16.5. The fraction of sp³-hybridized carbons (Fsp3) is 0.538. The summed E-state index contributed by atoms with van der Waals surface area (Å²) in [6, 6.07) is 5.34. The molecule has 1 rings (SSSR count). The highest BCUT2D eigenvalue weighted by Crippen LogP contribution is 2.25. The number of ether oxygens (including phenoxy) is 1. The van der Waals surface area contributed by atoms with Crippen molar-refractivity contribution in [3.8, 4) is 11.5 Å². The minimum absolute atomic E-state index is 0.268. The predicted molar refractivity (Wildman–Crippen MR) is 62.5 cm³/mol. The van der Waals surface area contributed by atoms with Crippen molar-refractivity contribution in [1.29, 1.82) is 0 Å². The first-order chi connectivity index (χ1) is 7.27. The van der Waals surface area contributed by atoms with Crippen molar-refractivity contribution in [3.05, 3.63) is 23.8 Å². The van der Waals surface area contributed by atoms with E-state index in [0.717, 1.165) is 12.2 Å². The number of aromatic hydroxyl groups is 1. The molecule has 0 fully saturated rings. The molecule has 2 heteroatoms. The molecule has 0 heterocycles. The van der Waals surface area contributed by atoms with Crippen LogP contribution in [0.1, 0.15) is 38.2 Å². The molecular formula is C13H20O2. The first-order valence-electron chi connectivity index (χ1n) is 5.63. The quantitative estimate of drug-likeness (QED) is 0.725. The van der Waals surface area contributed by atoms with Crippen molar-refractivity contribution in [1.82, 2.24) is 0 Å². The Morgan fingerprint density at radius 1 is 1.20 bits per heavy atom. The van der Waals surface area contributed by atoms with E-state index in [1.54, 1.807) is 19.2 Å². The van der Waals surface area contributed by atoms with E-state index in [9.17, 15) is 5.11 Å². The number of hydrogen-bond donors (Lipinski definition) is 1. The van der Waals surface area contributed by atoms with Gasteiger partial charge in [0.25, 0.3) is 0 Å². The summed E-state index contributed by atoms with van der Waals surface area (Å²) in [6.07, 6.45) is 6.03. The Morgan fingerprint density at radius 3 is 2.67 bits per heavy atom. The van der Waals surface area contributed by atoms with Gasteiger partial charge in [-0.2, -0.15) is 0 Å². The van der Waals surface area contributed by atoms with Gasteiger partial charge >= 0.3 is 0 Å². The van der Waals surface area contributed by atoms with Gasteiger partial charge in [-0.1, -0.05) is 32.3 Å². The van der Waals surface area contributed by atoms with Gasteiger partial charge in [-0.3, -0.25) is 0 Å². The van der Waals surface area contributed by atoms with Crippen LogP contribution in [-0.2, 0) is 6.42 Å². The second-order valence-corrected chi connectivity index (χ2v) is 3.81. The minimum Gasteiger partial charge on any atom is -0.508 e. The van der Waals surface area contributed by atoms with Gasteiger partial charge < -0.3 is 9.84 Å². The molecular weight excluding hydrogens is 188 g/mol. The molecule has 0 unspecified atom stereocenters. The van der Waals surface area contributed by atoms with Gasteiger partial charge in [0, 0.05) is 6.07 Å².